The number of rotatable bonds is 7. The van der Waals surface area contributed by atoms with E-state index in [0.29, 0.717) is 18.5 Å². The first-order chi connectivity index (χ1) is 11.4. The highest BCUT2D eigenvalue weighted by atomic mass is 16.4. The van der Waals surface area contributed by atoms with Crippen molar-refractivity contribution in [1.82, 2.24) is 9.80 Å². The number of carbonyl (C=O) groups excluding carboxylic acids is 2. The van der Waals surface area contributed by atoms with Crippen molar-refractivity contribution in [2.45, 2.75) is 45.7 Å². The zero-order valence-electron chi connectivity index (χ0n) is 14.2. The predicted octanol–water partition coefficient (Wildman–Crippen LogP) is 2.13. The van der Waals surface area contributed by atoms with Crippen LogP contribution in [0.4, 0.5) is 0 Å². The summed E-state index contributed by atoms with van der Waals surface area (Å²) in [6, 6.07) is 7.13. The van der Waals surface area contributed by atoms with Gasteiger partial charge in [-0.05, 0) is 38.0 Å². The lowest BCUT2D eigenvalue weighted by Gasteiger charge is -2.26. The summed E-state index contributed by atoms with van der Waals surface area (Å²) in [7, 11) is 0. The second-order valence-electron chi connectivity index (χ2n) is 6.35. The molecular weight excluding hydrogens is 308 g/mol. The highest BCUT2D eigenvalue weighted by molar-refractivity contribution is 5.94. The molecule has 130 valence electrons. The largest absolute Gasteiger partial charge is 0.481 e. The van der Waals surface area contributed by atoms with Crippen LogP contribution >= 0.6 is 0 Å². The van der Waals surface area contributed by atoms with E-state index in [1.807, 2.05) is 30.9 Å². The van der Waals surface area contributed by atoms with E-state index < -0.39 is 5.97 Å². The fourth-order valence-corrected chi connectivity index (χ4v) is 2.82. The highest BCUT2D eigenvalue weighted by Crippen LogP contribution is 2.16. The molecule has 1 N–H and O–H groups in total. The summed E-state index contributed by atoms with van der Waals surface area (Å²) in [5, 5.41) is 8.82. The van der Waals surface area contributed by atoms with Crippen LogP contribution in [-0.4, -0.2) is 51.8 Å². The molecule has 1 fully saturated rings. The normalized spacial score (nSPS) is 14.3. The molecule has 1 aromatic carbocycles. The summed E-state index contributed by atoms with van der Waals surface area (Å²) >= 11 is 0. The van der Waals surface area contributed by atoms with Crippen LogP contribution in [-0.2, 0) is 16.1 Å². The van der Waals surface area contributed by atoms with Gasteiger partial charge in [-0.25, -0.2) is 0 Å². The molecule has 24 heavy (non-hydrogen) atoms. The Balaban J connectivity index is 2.03. The number of carboxylic acids is 1. The first-order valence-corrected chi connectivity index (χ1v) is 8.28. The summed E-state index contributed by atoms with van der Waals surface area (Å²) < 4.78 is 0. The van der Waals surface area contributed by atoms with Crippen molar-refractivity contribution in [3.8, 4) is 0 Å². The van der Waals surface area contributed by atoms with Gasteiger partial charge in [0.25, 0.3) is 5.91 Å². The molecule has 1 aliphatic heterocycles. The average molecular weight is 332 g/mol. The average Bonchev–Trinajstić information content (AvgIpc) is 2.92. The number of nitrogens with zero attached hydrogens (tertiary/aromatic N) is 2. The van der Waals surface area contributed by atoms with Crippen LogP contribution in [0.5, 0.6) is 0 Å². The van der Waals surface area contributed by atoms with Gasteiger partial charge in [0.1, 0.15) is 0 Å². The summed E-state index contributed by atoms with van der Waals surface area (Å²) in [5.41, 5.74) is 1.52. The molecular formula is C18H24N2O4. The van der Waals surface area contributed by atoms with Crippen LogP contribution in [0.1, 0.15) is 49.0 Å². The van der Waals surface area contributed by atoms with Crippen molar-refractivity contribution in [3.63, 3.8) is 0 Å². The third kappa shape index (κ3) is 4.57. The van der Waals surface area contributed by atoms with Crippen LogP contribution in [0.2, 0.25) is 0 Å². The second kappa shape index (κ2) is 7.95. The maximum absolute atomic E-state index is 12.6. The Labute approximate surface area is 142 Å². The van der Waals surface area contributed by atoms with Crippen molar-refractivity contribution in [3.05, 3.63) is 35.4 Å². The van der Waals surface area contributed by atoms with Gasteiger partial charge < -0.3 is 14.9 Å². The molecule has 2 rings (SSSR count). The van der Waals surface area contributed by atoms with Crippen LogP contribution in [0.25, 0.3) is 0 Å². The van der Waals surface area contributed by atoms with Gasteiger partial charge in [0.2, 0.25) is 5.91 Å². The van der Waals surface area contributed by atoms with Gasteiger partial charge in [0, 0.05) is 37.7 Å². The van der Waals surface area contributed by atoms with Crippen molar-refractivity contribution in [1.29, 1.82) is 0 Å². The minimum Gasteiger partial charge on any atom is -0.481 e. The van der Waals surface area contributed by atoms with Gasteiger partial charge in [0.05, 0.1) is 6.42 Å². The van der Waals surface area contributed by atoms with Gasteiger partial charge in [-0.1, -0.05) is 12.1 Å². The number of hydrogen-bond acceptors (Lipinski definition) is 3. The zero-order chi connectivity index (χ0) is 17.7. The van der Waals surface area contributed by atoms with Crippen molar-refractivity contribution < 1.29 is 19.5 Å². The van der Waals surface area contributed by atoms with Crippen LogP contribution in [0.3, 0.4) is 0 Å². The highest BCUT2D eigenvalue weighted by Gasteiger charge is 2.21. The molecule has 1 saturated heterocycles. The quantitative estimate of drug-likeness (QED) is 0.830. The minimum atomic E-state index is -0.918. The SMILES string of the molecule is CC(C)N(CCC(=O)O)C(=O)c1ccc(CN2CCCC2=O)cc1. The number of benzene rings is 1. The number of hydrogen-bond donors (Lipinski definition) is 1. The van der Waals surface area contributed by atoms with E-state index in [0.717, 1.165) is 18.5 Å². The van der Waals surface area contributed by atoms with Crippen molar-refractivity contribution in [2.24, 2.45) is 0 Å². The number of likely N-dealkylation sites (tertiary alicyclic amines) is 1. The van der Waals surface area contributed by atoms with Gasteiger partial charge in [0.15, 0.2) is 0 Å². The van der Waals surface area contributed by atoms with Gasteiger partial charge >= 0.3 is 5.97 Å². The smallest absolute Gasteiger partial charge is 0.305 e. The van der Waals surface area contributed by atoms with Crippen molar-refractivity contribution >= 4 is 17.8 Å². The Morgan fingerprint density at radius 1 is 1.25 bits per heavy atom. The summed E-state index contributed by atoms with van der Waals surface area (Å²) in [6.07, 6.45) is 1.45. The number of carbonyl (C=O) groups is 3. The molecule has 1 aliphatic rings. The topological polar surface area (TPSA) is 77.9 Å². The Morgan fingerprint density at radius 2 is 1.92 bits per heavy atom. The number of aliphatic carboxylic acids is 1. The maximum atomic E-state index is 12.6. The van der Waals surface area contributed by atoms with Crippen LogP contribution < -0.4 is 0 Å². The van der Waals surface area contributed by atoms with Gasteiger partial charge in [-0.2, -0.15) is 0 Å². The monoisotopic (exact) mass is 332 g/mol. The summed E-state index contributed by atoms with van der Waals surface area (Å²) in [5.74, 6) is -0.913. The molecule has 0 aromatic heterocycles. The maximum Gasteiger partial charge on any atom is 0.305 e. The standard InChI is InChI=1S/C18H24N2O4/c1-13(2)20(11-9-17(22)23)18(24)15-7-5-14(6-8-15)12-19-10-3-4-16(19)21/h5-8,13H,3-4,9-12H2,1-2H3,(H,22,23). The Bertz CT molecular complexity index is 610. The molecule has 0 bridgehead atoms. The molecule has 0 saturated carbocycles. The van der Waals surface area contributed by atoms with Crippen LogP contribution in [0, 0.1) is 0 Å². The van der Waals surface area contributed by atoms with E-state index in [-0.39, 0.29) is 30.8 Å². The molecule has 0 unspecified atom stereocenters. The molecule has 6 heteroatoms. The predicted molar refractivity (Wildman–Crippen MR) is 89.5 cm³/mol. The molecule has 1 heterocycles. The summed E-state index contributed by atoms with van der Waals surface area (Å²) in [4.78, 5) is 38.4. The summed E-state index contributed by atoms with van der Waals surface area (Å²) in [6.45, 7) is 5.28. The zero-order valence-corrected chi connectivity index (χ0v) is 14.2. The van der Waals surface area contributed by atoms with E-state index in [4.69, 9.17) is 5.11 Å². The number of amides is 2. The Morgan fingerprint density at radius 3 is 2.42 bits per heavy atom. The lowest BCUT2D eigenvalue weighted by Crippen LogP contribution is -2.38. The third-order valence-electron chi connectivity index (χ3n) is 4.20. The van der Waals surface area contributed by atoms with E-state index in [2.05, 4.69) is 0 Å². The van der Waals surface area contributed by atoms with E-state index in [1.54, 1.807) is 17.0 Å². The molecule has 2 amide bonds. The minimum absolute atomic E-state index is 0.0704. The molecule has 6 nitrogen and oxygen atoms in total. The first kappa shape index (κ1) is 18.0. The Kier molecular flexibility index (Phi) is 5.95. The lowest BCUT2D eigenvalue weighted by molar-refractivity contribution is -0.137. The molecule has 0 spiro atoms. The molecule has 1 aromatic rings. The van der Waals surface area contributed by atoms with Crippen LogP contribution in [0.15, 0.2) is 24.3 Å². The van der Waals surface area contributed by atoms with Crippen molar-refractivity contribution in [2.75, 3.05) is 13.1 Å². The molecule has 0 aliphatic carbocycles. The van der Waals surface area contributed by atoms with Gasteiger partial charge in [-0.3, -0.25) is 14.4 Å². The second-order valence-corrected chi connectivity index (χ2v) is 6.35. The molecule has 0 radical (unpaired) electrons. The molecule has 0 atom stereocenters. The van der Waals surface area contributed by atoms with E-state index >= 15 is 0 Å². The van der Waals surface area contributed by atoms with E-state index in [1.165, 1.54) is 0 Å². The number of carboxylic acid groups (broad SMARTS) is 1. The fourth-order valence-electron chi connectivity index (χ4n) is 2.82. The lowest BCUT2D eigenvalue weighted by atomic mass is 10.1. The van der Waals surface area contributed by atoms with Gasteiger partial charge in [-0.15, -0.1) is 0 Å². The Hall–Kier alpha value is -2.37. The fraction of sp³-hybridized carbons (Fsp3) is 0.500. The van der Waals surface area contributed by atoms with E-state index in [9.17, 15) is 14.4 Å². The third-order valence-corrected chi connectivity index (χ3v) is 4.20. The first-order valence-electron chi connectivity index (χ1n) is 8.28.